The molecule has 0 unspecified atom stereocenters. The summed E-state index contributed by atoms with van der Waals surface area (Å²) in [5.41, 5.74) is 2.29. The van der Waals surface area contributed by atoms with Crippen LogP contribution in [-0.2, 0) is 6.54 Å². The zero-order chi connectivity index (χ0) is 15.2. The van der Waals surface area contributed by atoms with Crippen LogP contribution in [0.3, 0.4) is 0 Å². The van der Waals surface area contributed by atoms with Crippen molar-refractivity contribution in [3.63, 3.8) is 0 Å². The molecular weight excluding hydrogens is 262 g/mol. The molecular formula is C17H29N3O. The third-order valence-corrected chi connectivity index (χ3v) is 3.82. The lowest BCUT2D eigenvalue weighted by Crippen LogP contribution is -2.35. The molecule has 1 aromatic rings. The molecule has 1 aromatic heterocycles. The van der Waals surface area contributed by atoms with E-state index in [2.05, 4.69) is 48.2 Å². The van der Waals surface area contributed by atoms with Gasteiger partial charge in [-0.3, -0.25) is 0 Å². The van der Waals surface area contributed by atoms with Crippen molar-refractivity contribution >= 4 is 0 Å². The van der Waals surface area contributed by atoms with Gasteiger partial charge in [0, 0.05) is 31.4 Å². The maximum absolute atomic E-state index is 6.09. The molecule has 0 bridgehead atoms. The molecule has 0 saturated carbocycles. The summed E-state index contributed by atoms with van der Waals surface area (Å²) in [6, 6.07) is 4.22. The first kappa shape index (κ1) is 16.2. The molecule has 21 heavy (non-hydrogen) atoms. The third-order valence-electron chi connectivity index (χ3n) is 3.82. The number of aromatic nitrogens is 1. The van der Waals surface area contributed by atoms with Gasteiger partial charge in [-0.15, -0.1) is 0 Å². The van der Waals surface area contributed by atoms with Gasteiger partial charge in [0.1, 0.15) is 6.10 Å². The monoisotopic (exact) mass is 291 g/mol. The summed E-state index contributed by atoms with van der Waals surface area (Å²) in [7, 11) is 2.17. The first-order valence-corrected chi connectivity index (χ1v) is 8.06. The first-order valence-electron chi connectivity index (χ1n) is 8.06. The lowest BCUT2D eigenvalue weighted by Gasteiger charge is -2.29. The fourth-order valence-electron chi connectivity index (χ4n) is 2.65. The van der Waals surface area contributed by atoms with Crippen molar-refractivity contribution in [2.45, 2.75) is 46.3 Å². The molecule has 1 N–H and O–H groups in total. The fourth-order valence-corrected chi connectivity index (χ4v) is 2.65. The van der Waals surface area contributed by atoms with Crippen molar-refractivity contribution in [2.75, 3.05) is 26.7 Å². The number of nitrogens with zero attached hydrogens (tertiary/aromatic N) is 2. The zero-order valence-corrected chi connectivity index (χ0v) is 13.9. The van der Waals surface area contributed by atoms with Crippen LogP contribution in [0.15, 0.2) is 12.1 Å². The molecule has 4 nitrogen and oxygen atoms in total. The van der Waals surface area contributed by atoms with Crippen LogP contribution in [0, 0.1) is 12.8 Å². The molecule has 1 aliphatic rings. The molecule has 2 rings (SSSR count). The van der Waals surface area contributed by atoms with Crippen molar-refractivity contribution in [3.05, 3.63) is 23.4 Å². The van der Waals surface area contributed by atoms with E-state index in [1.807, 2.05) is 6.92 Å². The van der Waals surface area contributed by atoms with E-state index in [1.54, 1.807) is 0 Å². The maximum Gasteiger partial charge on any atom is 0.214 e. The Morgan fingerprint density at radius 3 is 2.71 bits per heavy atom. The molecule has 2 heterocycles. The molecule has 0 atom stereocenters. The number of hydrogen-bond acceptors (Lipinski definition) is 4. The summed E-state index contributed by atoms with van der Waals surface area (Å²) in [5, 5.41) is 3.47. The Balaban J connectivity index is 1.91. The van der Waals surface area contributed by atoms with Crippen LogP contribution in [-0.4, -0.2) is 42.7 Å². The number of likely N-dealkylation sites (tertiary alicyclic amines) is 1. The van der Waals surface area contributed by atoms with Crippen LogP contribution in [0.5, 0.6) is 5.88 Å². The summed E-state index contributed by atoms with van der Waals surface area (Å²) in [6.45, 7) is 10.6. The van der Waals surface area contributed by atoms with E-state index < -0.39 is 0 Å². The van der Waals surface area contributed by atoms with Gasteiger partial charge in [0.2, 0.25) is 5.88 Å². The highest BCUT2D eigenvalue weighted by molar-refractivity contribution is 5.24. The number of rotatable bonds is 6. The molecule has 0 aromatic carbocycles. The molecule has 1 saturated heterocycles. The molecule has 1 fully saturated rings. The number of piperidine rings is 1. The molecule has 1 aliphatic heterocycles. The summed E-state index contributed by atoms with van der Waals surface area (Å²) in [6.07, 6.45) is 2.49. The lowest BCUT2D eigenvalue weighted by molar-refractivity contribution is 0.110. The number of ether oxygens (including phenoxy) is 1. The predicted molar refractivity (Wildman–Crippen MR) is 86.7 cm³/mol. The Kier molecular flexibility index (Phi) is 6.00. The maximum atomic E-state index is 6.09. The second kappa shape index (κ2) is 7.76. The first-order chi connectivity index (χ1) is 10.0. The molecule has 0 aliphatic carbocycles. The van der Waals surface area contributed by atoms with Gasteiger partial charge in [-0.1, -0.05) is 13.8 Å². The van der Waals surface area contributed by atoms with Crippen LogP contribution >= 0.6 is 0 Å². The van der Waals surface area contributed by atoms with Gasteiger partial charge in [-0.25, -0.2) is 4.98 Å². The number of aryl methyl sites for hydroxylation is 1. The van der Waals surface area contributed by atoms with E-state index in [0.717, 1.165) is 50.6 Å². The minimum absolute atomic E-state index is 0.312. The topological polar surface area (TPSA) is 37.4 Å². The number of nitrogens with one attached hydrogen (secondary N) is 1. The van der Waals surface area contributed by atoms with E-state index >= 15 is 0 Å². The van der Waals surface area contributed by atoms with Crippen LogP contribution in [0.4, 0.5) is 0 Å². The van der Waals surface area contributed by atoms with E-state index in [9.17, 15) is 0 Å². The van der Waals surface area contributed by atoms with Crippen LogP contribution in [0.2, 0.25) is 0 Å². The zero-order valence-electron chi connectivity index (χ0n) is 13.9. The molecule has 0 radical (unpaired) electrons. The molecule has 4 heteroatoms. The van der Waals surface area contributed by atoms with Crippen LogP contribution in [0.25, 0.3) is 0 Å². The van der Waals surface area contributed by atoms with Gasteiger partial charge in [0.25, 0.3) is 0 Å². The smallest absolute Gasteiger partial charge is 0.214 e. The molecule has 0 spiro atoms. The predicted octanol–water partition coefficient (Wildman–Crippen LogP) is 2.61. The Morgan fingerprint density at radius 2 is 2.05 bits per heavy atom. The Hall–Kier alpha value is -1.13. The normalized spacial score (nSPS) is 17.4. The minimum atomic E-state index is 0.312. The number of hydrogen-bond donors (Lipinski definition) is 1. The van der Waals surface area contributed by atoms with E-state index in [-0.39, 0.29) is 0 Å². The van der Waals surface area contributed by atoms with Gasteiger partial charge in [-0.2, -0.15) is 0 Å². The highest BCUT2D eigenvalue weighted by Crippen LogP contribution is 2.18. The number of pyridine rings is 1. The molecule has 0 amide bonds. The fraction of sp³-hybridized carbons (Fsp3) is 0.706. The highest BCUT2D eigenvalue weighted by atomic mass is 16.5. The van der Waals surface area contributed by atoms with Crippen molar-refractivity contribution < 1.29 is 4.74 Å². The average molecular weight is 291 g/mol. The van der Waals surface area contributed by atoms with Gasteiger partial charge in [-0.05, 0) is 50.9 Å². The van der Waals surface area contributed by atoms with E-state index in [1.165, 1.54) is 5.56 Å². The Bertz CT molecular complexity index is 440. The largest absolute Gasteiger partial charge is 0.474 e. The summed E-state index contributed by atoms with van der Waals surface area (Å²) >= 11 is 0. The summed E-state index contributed by atoms with van der Waals surface area (Å²) in [4.78, 5) is 6.88. The minimum Gasteiger partial charge on any atom is -0.474 e. The van der Waals surface area contributed by atoms with Crippen molar-refractivity contribution in [3.8, 4) is 5.88 Å². The van der Waals surface area contributed by atoms with Gasteiger partial charge in [0.05, 0.1) is 0 Å². The van der Waals surface area contributed by atoms with E-state index in [4.69, 9.17) is 4.74 Å². The van der Waals surface area contributed by atoms with Gasteiger partial charge >= 0.3 is 0 Å². The summed E-state index contributed by atoms with van der Waals surface area (Å²) < 4.78 is 6.09. The average Bonchev–Trinajstić information content (AvgIpc) is 2.40. The lowest BCUT2D eigenvalue weighted by atomic mass is 10.1. The second-order valence-electron chi connectivity index (χ2n) is 6.60. The van der Waals surface area contributed by atoms with Crippen LogP contribution < -0.4 is 10.1 Å². The van der Waals surface area contributed by atoms with Crippen LogP contribution in [0.1, 0.15) is 37.9 Å². The van der Waals surface area contributed by atoms with Crippen molar-refractivity contribution in [1.82, 2.24) is 15.2 Å². The van der Waals surface area contributed by atoms with Gasteiger partial charge < -0.3 is 15.0 Å². The second-order valence-corrected chi connectivity index (χ2v) is 6.60. The molecule has 118 valence electrons. The van der Waals surface area contributed by atoms with Gasteiger partial charge in [0.15, 0.2) is 0 Å². The third kappa shape index (κ3) is 5.64. The standard InChI is InChI=1S/C17H29N3O/c1-13(2)11-18-12-15-9-14(3)19-17(10-15)21-16-5-7-20(4)8-6-16/h9-10,13,16,18H,5-8,11-12H2,1-4H3. The highest BCUT2D eigenvalue weighted by Gasteiger charge is 2.18. The van der Waals surface area contributed by atoms with Crippen molar-refractivity contribution in [2.24, 2.45) is 5.92 Å². The Morgan fingerprint density at radius 1 is 1.33 bits per heavy atom. The summed E-state index contributed by atoms with van der Waals surface area (Å²) in [5.74, 6) is 1.45. The Labute approximate surface area is 128 Å². The quantitative estimate of drug-likeness (QED) is 0.874. The van der Waals surface area contributed by atoms with Crippen molar-refractivity contribution in [1.29, 1.82) is 0 Å². The van der Waals surface area contributed by atoms with E-state index in [0.29, 0.717) is 12.0 Å². The SMILES string of the molecule is Cc1cc(CNCC(C)C)cc(OC2CCN(C)CC2)n1.